The van der Waals surface area contributed by atoms with Crippen LogP contribution >= 0.6 is 31.9 Å². The zero-order chi connectivity index (χ0) is 13.4. The third kappa shape index (κ3) is 5.93. The molecule has 0 saturated carbocycles. The van der Waals surface area contributed by atoms with E-state index in [1.165, 1.54) is 0 Å². The number of hydrogen-bond acceptors (Lipinski definition) is 3. The number of halogens is 2. The number of amides is 1. The van der Waals surface area contributed by atoms with Gasteiger partial charge in [-0.1, -0.05) is 6.92 Å². The van der Waals surface area contributed by atoms with E-state index in [4.69, 9.17) is 0 Å². The van der Waals surface area contributed by atoms with Gasteiger partial charge in [0.2, 0.25) is 5.91 Å². The van der Waals surface area contributed by atoms with Crippen molar-refractivity contribution in [1.29, 1.82) is 0 Å². The molecular formula is C12H17Br2N3O. The van der Waals surface area contributed by atoms with Crippen LogP contribution in [0.15, 0.2) is 21.2 Å². The first kappa shape index (κ1) is 15.6. The van der Waals surface area contributed by atoms with Crippen LogP contribution in [0.4, 0.5) is 0 Å². The van der Waals surface area contributed by atoms with Crippen LogP contribution in [0.2, 0.25) is 0 Å². The van der Waals surface area contributed by atoms with Crippen LogP contribution in [0.25, 0.3) is 0 Å². The van der Waals surface area contributed by atoms with Crippen molar-refractivity contribution in [3.8, 4) is 0 Å². The van der Waals surface area contributed by atoms with Gasteiger partial charge in [0.1, 0.15) is 0 Å². The Labute approximate surface area is 124 Å². The minimum atomic E-state index is 0.0900. The fourth-order valence-corrected chi connectivity index (χ4v) is 2.46. The van der Waals surface area contributed by atoms with E-state index in [0.29, 0.717) is 19.5 Å². The van der Waals surface area contributed by atoms with Crippen molar-refractivity contribution in [3.63, 3.8) is 0 Å². The molecule has 1 rings (SSSR count). The summed E-state index contributed by atoms with van der Waals surface area (Å²) in [6, 6.07) is 1.96. The Morgan fingerprint density at radius 1 is 1.39 bits per heavy atom. The van der Waals surface area contributed by atoms with E-state index in [0.717, 1.165) is 27.6 Å². The lowest BCUT2D eigenvalue weighted by Gasteiger charge is -2.07. The highest BCUT2D eigenvalue weighted by Crippen LogP contribution is 2.19. The molecular weight excluding hydrogens is 362 g/mol. The maximum atomic E-state index is 11.3. The minimum Gasteiger partial charge on any atom is -0.356 e. The molecule has 1 aromatic rings. The van der Waals surface area contributed by atoms with E-state index in [9.17, 15) is 4.79 Å². The van der Waals surface area contributed by atoms with Gasteiger partial charge in [0.25, 0.3) is 0 Å². The zero-order valence-corrected chi connectivity index (χ0v) is 13.5. The Balaban J connectivity index is 2.23. The van der Waals surface area contributed by atoms with E-state index in [-0.39, 0.29) is 5.91 Å². The summed E-state index contributed by atoms with van der Waals surface area (Å²) in [5, 5.41) is 6.04. The first-order chi connectivity index (χ1) is 8.63. The predicted molar refractivity (Wildman–Crippen MR) is 79.3 cm³/mol. The second kappa shape index (κ2) is 8.61. The Bertz CT molecular complexity index is 399. The molecule has 0 atom stereocenters. The topological polar surface area (TPSA) is 54.0 Å². The summed E-state index contributed by atoms with van der Waals surface area (Å²) in [4.78, 5) is 15.6. The number of pyridine rings is 1. The van der Waals surface area contributed by atoms with Crippen LogP contribution in [0, 0.1) is 0 Å². The molecule has 0 unspecified atom stereocenters. The van der Waals surface area contributed by atoms with Crippen molar-refractivity contribution in [1.82, 2.24) is 15.6 Å². The van der Waals surface area contributed by atoms with Crippen LogP contribution in [0.3, 0.4) is 0 Å². The average molecular weight is 379 g/mol. The third-order valence-electron chi connectivity index (χ3n) is 2.28. The van der Waals surface area contributed by atoms with Gasteiger partial charge in [0, 0.05) is 41.2 Å². The fraction of sp³-hybridized carbons (Fsp3) is 0.500. The van der Waals surface area contributed by atoms with Crippen LogP contribution in [-0.2, 0) is 11.3 Å². The summed E-state index contributed by atoms with van der Waals surface area (Å²) >= 11 is 6.81. The molecule has 0 aliphatic heterocycles. The maximum Gasteiger partial charge on any atom is 0.221 e. The SMILES string of the molecule is CCCNC(=O)CCNCc1ncc(Br)cc1Br. The molecule has 100 valence electrons. The first-order valence-electron chi connectivity index (χ1n) is 5.90. The lowest BCUT2D eigenvalue weighted by atomic mass is 10.3. The molecule has 1 heterocycles. The van der Waals surface area contributed by atoms with Crippen molar-refractivity contribution in [2.45, 2.75) is 26.3 Å². The number of carbonyl (C=O) groups excluding carboxylic acids is 1. The molecule has 4 nitrogen and oxygen atoms in total. The second-order valence-electron chi connectivity index (χ2n) is 3.86. The zero-order valence-electron chi connectivity index (χ0n) is 10.3. The lowest BCUT2D eigenvalue weighted by molar-refractivity contribution is -0.120. The highest BCUT2D eigenvalue weighted by atomic mass is 79.9. The molecule has 0 aliphatic carbocycles. The third-order valence-corrected chi connectivity index (χ3v) is 3.40. The monoisotopic (exact) mass is 377 g/mol. The smallest absolute Gasteiger partial charge is 0.221 e. The van der Waals surface area contributed by atoms with E-state index in [1.54, 1.807) is 6.20 Å². The first-order valence-corrected chi connectivity index (χ1v) is 7.49. The van der Waals surface area contributed by atoms with Crippen LogP contribution in [0.1, 0.15) is 25.5 Å². The molecule has 0 fully saturated rings. The number of nitrogens with zero attached hydrogens (tertiary/aromatic N) is 1. The van der Waals surface area contributed by atoms with Crippen LogP contribution in [-0.4, -0.2) is 24.0 Å². The molecule has 6 heteroatoms. The van der Waals surface area contributed by atoms with Gasteiger partial charge in [-0.25, -0.2) is 0 Å². The number of rotatable bonds is 7. The average Bonchev–Trinajstić information content (AvgIpc) is 2.34. The Morgan fingerprint density at radius 3 is 2.83 bits per heavy atom. The van der Waals surface area contributed by atoms with E-state index < -0.39 is 0 Å². The molecule has 1 aromatic heterocycles. The molecule has 18 heavy (non-hydrogen) atoms. The Hall–Kier alpha value is -0.460. The summed E-state index contributed by atoms with van der Waals surface area (Å²) in [6.07, 6.45) is 3.22. The standard InChI is InChI=1S/C12H17Br2N3O/c1-2-4-16-12(18)3-5-15-8-11-10(14)6-9(13)7-17-11/h6-7,15H,2-5,8H2,1H3,(H,16,18). The lowest BCUT2D eigenvalue weighted by Crippen LogP contribution is -2.28. The van der Waals surface area contributed by atoms with Gasteiger partial charge in [-0.3, -0.25) is 9.78 Å². The summed E-state index contributed by atoms with van der Waals surface area (Å²) in [5.74, 6) is 0.0900. The predicted octanol–water partition coefficient (Wildman–Crippen LogP) is 2.61. The number of hydrogen-bond donors (Lipinski definition) is 2. The quantitative estimate of drug-likeness (QED) is 0.717. The second-order valence-corrected chi connectivity index (χ2v) is 5.63. The van der Waals surface area contributed by atoms with E-state index >= 15 is 0 Å². The van der Waals surface area contributed by atoms with Gasteiger partial charge in [0.15, 0.2) is 0 Å². The Kier molecular flexibility index (Phi) is 7.46. The molecule has 0 saturated heterocycles. The van der Waals surface area contributed by atoms with E-state index in [1.807, 2.05) is 13.0 Å². The maximum absolute atomic E-state index is 11.3. The molecule has 0 bridgehead atoms. The van der Waals surface area contributed by atoms with Gasteiger partial charge in [0.05, 0.1) is 5.69 Å². The van der Waals surface area contributed by atoms with Crippen molar-refractivity contribution in [3.05, 3.63) is 26.9 Å². The molecule has 1 amide bonds. The van der Waals surface area contributed by atoms with Gasteiger partial charge < -0.3 is 10.6 Å². The Morgan fingerprint density at radius 2 is 2.17 bits per heavy atom. The van der Waals surface area contributed by atoms with Gasteiger partial charge in [-0.15, -0.1) is 0 Å². The van der Waals surface area contributed by atoms with E-state index in [2.05, 4.69) is 47.5 Å². The molecule has 0 radical (unpaired) electrons. The number of carbonyl (C=O) groups is 1. The largest absolute Gasteiger partial charge is 0.356 e. The molecule has 2 N–H and O–H groups in total. The fourth-order valence-electron chi connectivity index (χ4n) is 1.33. The molecule has 0 aliphatic rings. The van der Waals surface area contributed by atoms with Crippen LogP contribution < -0.4 is 10.6 Å². The van der Waals surface area contributed by atoms with Gasteiger partial charge >= 0.3 is 0 Å². The van der Waals surface area contributed by atoms with Crippen molar-refractivity contribution in [2.24, 2.45) is 0 Å². The molecule has 0 aromatic carbocycles. The van der Waals surface area contributed by atoms with Crippen molar-refractivity contribution in [2.75, 3.05) is 13.1 Å². The highest BCUT2D eigenvalue weighted by molar-refractivity contribution is 9.11. The van der Waals surface area contributed by atoms with Crippen molar-refractivity contribution >= 4 is 37.8 Å². The van der Waals surface area contributed by atoms with Gasteiger partial charge in [-0.2, -0.15) is 0 Å². The van der Waals surface area contributed by atoms with Crippen molar-refractivity contribution < 1.29 is 4.79 Å². The number of aromatic nitrogens is 1. The summed E-state index contributed by atoms with van der Waals surface area (Å²) in [6.45, 7) is 4.09. The summed E-state index contributed by atoms with van der Waals surface area (Å²) in [7, 11) is 0. The minimum absolute atomic E-state index is 0.0900. The highest BCUT2D eigenvalue weighted by Gasteiger charge is 2.03. The summed E-state index contributed by atoms with van der Waals surface area (Å²) < 4.78 is 1.90. The normalized spacial score (nSPS) is 10.4. The number of nitrogens with one attached hydrogen (secondary N) is 2. The van der Waals surface area contributed by atoms with Gasteiger partial charge in [-0.05, 0) is 44.3 Å². The van der Waals surface area contributed by atoms with Crippen LogP contribution in [0.5, 0.6) is 0 Å². The molecule has 0 spiro atoms. The summed E-state index contributed by atoms with van der Waals surface area (Å²) in [5.41, 5.74) is 0.937.